The largest absolute Gasteiger partial charge is 0.416 e. The van der Waals surface area contributed by atoms with Crippen molar-refractivity contribution in [1.29, 1.82) is 0 Å². The smallest absolute Gasteiger partial charge is 0.391 e. The Labute approximate surface area is 349 Å². The molecule has 4 aromatic carbocycles. The van der Waals surface area contributed by atoms with Crippen LogP contribution in [0.3, 0.4) is 0 Å². The molecule has 310 valence electrons. The highest BCUT2D eigenvalue weighted by atomic mass is 32.1. The van der Waals surface area contributed by atoms with Crippen LogP contribution in [0, 0.1) is 6.92 Å². The fourth-order valence-electron chi connectivity index (χ4n) is 7.74. The third-order valence-corrected chi connectivity index (χ3v) is 11.9. The Morgan fingerprint density at radius 1 is 0.900 bits per heavy atom. The van der Waals surface area contributed by atoms with Crippen molar-refractivity contribution >= 4 is 61.7 Å². The van der Waals surface area contributed by atoms with E-state index in [2.05, 4.69) is 76.2 Å². The molecule has 0 spiro atoms. The van der Waals surface area contributed by atoms with Gasteiger partial charge in [-0.25, -0.2) is 0 Å². The summed E-state index contributed by atoms with van der Waals surface area (Å²) in [6, 6.07) is 26.4. The van der Waals surface area contributed by atoms with Crippen LogP contribution in [0.25, 0.3) is 32.7 Å². The van der Waals surface area contributed by atoms with Gasteiger partial charge in [-0.05, 0) is 96.1 Å². The summed E-state index contributed by atoms with van der Waals surface area (Å²) in [6.45, 7) is 3.25. The first-order chi connectivity index (χ1) is 28.9. The van der Waals surface area contributed by atoms with Gasteiger partial charge in [-0.15, -0.1) is 26.6 Å². The lowest BCUT2D eigenvalue weighted by Crippen LogP contribution is -2.24. The van der Waals surface area contributed by atoms with Crippen molar-refractivity contribution in [2.45, 2.75) is 44.5 Å². The van der Waals surface area contributed by atoms with Crippen LogP contribution in [0.2, 0.25) is 0 Å². The number of aromatic nitrogens is 4. The Morgan fingerprint density at radius 2 is 1.67 bits per heavy atom. The monoisotopic (exact) mass is 833 g/mol. The van der Waals surface area contributed by atoms with Crippen LogP contribution >= 0.6 is 11.3 Å². The molecule has 0 unspecified atom stereocenters. The van der Waals surface area contributed by atoms with Crippen molar-refractivity contribution in [1.82, 2.24) is 25.7 Å². The van der Waals surface area contributed by atoms with E-state index in [1.165, 1.54) is 13.0 Å². The van der Waals surface area contributed by atoms with Crippen molar-refractivity contribution < 1.29 is 18.3 Å². The van der Waals surface area contributed by atoms with E-state index in [1.54, 1.807) is 23.6 Å². The number of hydrogen-bond donors (Lipinski definition) is 6. The molecule has 3 atom stereocenters. The minimum atomic E-state index is -4.54. The van der Waals surface area contributed by atoms with E-state index in [0.717, 1.165) is 49.8 Å². The SMILES string of the molecule is CNCc1ccccc1-c1csc([C@H](Nc2nncc3ccc(N(C)C)cc23)Nc2nnc(N[C@H](N)c3cccc(C(F)(F)F)c3C)c3cc(N4CC[C@H](O)C4)ccc23)c1. The highest BCUT2D eigenvalue weighted by molar-refractivity contribution is 7.10. The molecule has 12 nitrogen and oxygen atoms in total. The molecule has 16 heteroatoms. The predicted molar refractivity (Wildman–Crippen MR) is 235 cm³/mol. The van der Waals surface area contributed by atoms with Crippen LogP contribution in [0.15, 0.2) is 96.5 Å². The highest BCUT2D eigenvalue weighted by Crippen LogP contribution is 2.39. The number of thiophene rings is 1. The summed E-state index contributed by atoms with van der Waals surface area (Å²) in [6.07, 6.45) is -4.25. The van der Waals surface area contributed by atoms with Gasteiger partial charge in [-0.3, -0.25) is 0 Å². The summed E-state index contributed by atoms with van der Waals surface area (Å²) < 4.78 is 41.7. The quantitative estimate of drug-likeness (QED) is 0.0621. The average molecular weight is 834 g/mol. The van der Waals surface area contributed by atoms with Gasteiger partial charge in [0.25, 0.3) is 0 Å². The lowest BCUT2D eigenvalue weighted by Gasteiger charge is -2.24. The first-order valence-corrected chi connectivity index (χ1v) is 20.5. The maximum absolute atomic E-state index is 13.9. The van der Waals surface area contributed by atoms with Crippen LogP contribution in [0.5, 0.6) is 0 Å². The van der Waals surface area contributed by atoms with Gasteiger partial charge in [0.2, 0.25) is 0 Å². The number of nitrogens with two attached hydrogens (primary N) is 1. The van der Waals surface area contributed by atoms with E-state index in [0.29, 0.717) is 54.3 Å². The van der Waals surface area contributed by atoms with E-state index < -0.39 is 30.2 Å². The summed E-state index contributed by atoms with van der Waals surface area (Å²) in [5.41, 5.74) is 11.4. The number of halogens is 3. The molecule has 0 aliphatic carbocycles. The molecule has 1 aliphatic heterocycles. The van der Waals surface area contributed by atoms with Gasteiger partial charge >= 0.3 is 6.18 Å². The standard InChI is InChI=1S/C44H46F3N11OS/c1-25-32(10-7-11-37(25)44(45,46)47)39(48)51-42-36-20-30(58-17-16-31(59)23-58)14-15-34(36)40(55-56-42)52-43(38-18-28(24-60-38)33-9-6-5-8-26(33)21-49-2)53-41-35-19-29(57(3)4)13-12-27(35)22-50-54-41/h5-15,18-20,22,24,31,39,43,49,59H,16-17,21,23,48H2,1-4H3,(H,51,56)(H,52,55)(H,53,54)/t31-,39-,43-/m0/s1. The second-order valence-corrected chi connectivity index (χ2v) is 16.1. The molecule has 0 bridgehead atoms. The Morgan fingerprint density at radius 3 is 2.40 bits per heavy atom. The molecule has 1 aliphatic rings. The molecule has 0 amide bonds. The first-order valence-electron chi connectivity index (χ1n) is 19.6. The van der Waals surface area contributed by atoms with E-state index in [9.17, 15) is 18.3 Å². The molecule has 60 heavy (non-hydrogen) atoms. The number of anilines is 5. The third-order valence-electron chi connectivity index (χ3n) is 10.9. The van der Waals surface area contributed by atoms with Crippen molar-refractivity contribution in [3.05, 3.63) is 124 Å². The van der Waals surface area contributed by atoms with Gasteiger partial charge < -0.3 is 41.9 Å². The predicted octanol–water partition coefficient (Wildman–Crippen LogP) is 8.28. The fraction of sp³-hybridized carbons (Fsp3) is 0.273. The van der Waals surface area contributed by atoms with E-state index in [4.69, 9.17) is 5.73 Å². The maximum Gasteiger partial charge on any atom is 0.416 e. The first kappa shape index (κ1) is 40.7. The molecule has 7 aromatic rings. The summed E-state index contributed by atoms with van der Waals surface area (Å²) in [7, 11) is 5.90. The minimum absolute atomic E-state index is 0.0272. The van der Waals surface area contributed by atoms with Crippen molar-refractivity contribution in [3.63, 3.8) is 0 Å². The second-order valence-electron chi connectivity index (χ2n) is 15.2. The number of nitrogens with one attached hydrogen (secondary N) is 4. The Hall–Kier alpha value is -6.07. The molecule has 1 fully saturated rings. The molecule has 4 heterocycles. The summed E-state index contributed by atoms with van der Waals surface area (Å²) in [5, 5.41) is 47.5. The van der Waals surface area contributed by atoms with Crippen LogP contribution < -0.4 is 36.8 Å². The number of aliphatic hydroxyl groups is 1. The van der Waals surface area contributed by atoms with Gasteiger partial charge in [-0.2, -0.15) is 18.3 Å². The van der Waals surface area contributed by atoms with E-state index in [1.807, 2.05) is 68.5 Å². The van der Waals surface area contributed by atoms with Crippen LogP contribution in [-0.4, -0.2) is 65.8 Å². The minimum Gasteiger partial charge on any atom is -0.391 e. The zero-order chi connectivity index (χ0) is 42.1. The molecular weight excluding hydrogens is 788 g/mol. The topological polar surface area (TPSA) is 152 Å². The molecule has 3 aromatic heterocycles. The number of β-amino-alcohol motifs (C(OH)–C–C–N with tert-alkyl or cyclic N) is 1. The van der Waals surface area contributed by atoms with Crippen LogP contribution in [0.1, 0.15) is 45.9 Å². The summed E-state index contributed by atoms with van der Waals surface area (Å²) >= 11 is 1.58. The van der Waals surface area contributed by atoms with Gasteiger partial charge in [-0.1, -0.05) is 42.5 Å². The number of nitrogens with zero attached hydrogens (tertiary/aromatic N) is 6. The van der Waals surface area contributed by atoms with Crippen LogP contribution in [0.4, 0.5) is 42.0 Å². The fourth-order valence-corrected chi connectivity index (χ4v) is 8.65. The van der Waals surface area contributed by atoms with Gasteiger partial charge in [0, 0.05) is 71.5 Å². The molecule has 7 N–H and O–H groups in total. The number of rotatable bonds is 13. The summed E-state index contributed by atoms with van der Waals surface area (Å²) in [5.74, 6) is 1.30. The van der Waals surface area contributed by atoms with E-state index >= 15 is 0 Å². The third kappa shape index (κ3) is 8.36. The molecule has 8 rings (SSSR count). The zero-order valence-corrected chi connectivity index (χ0v) is 34.4. The Bertz CT molecular complexity index is 2650. The van der Waals surface area contributed by atoms with Gasteiger partial charge in [0.15, 0.2) is 17.5 Å². The molecule has 0 radical (unpaired) electrons. The lowest BCUT2D eigenvalue weighted by atomic mass is 10.00. The van der Waals surface area contributed by atoms with Gasteiger partial charge in [0.1, 0.15) is 12.3 Å². The van der Waals surface area contributed by atoms with E-state index in [-0.39, 0.29) is 11.1 Å². The molecule has 0 saturated carbocycles. The van der Waals surface area contributed by atoms with Gasteiger partial charge in [0.05, 0.1) is 17.9 Å². The number of hydrogen-bond acceptors (Lipinski definition) is 13. The van der Waals surface area contributed by atoms with Crippen LogP contribution in [-0.2, 0) is 12.7 Å². The molecular formula is C44H46F3N11OS. The number of benzene rings is 4. The number of alkyl halides is 3. The van der Waals surface area contributed by atoms with Crippen molar-refractivity contribution in [2.24, 2.45) is 5.73 Å². The average Bonchev–Trinajstić information content (AvgIpc) is 3.91. The summed E-state index contributed by atoms with van der Waals surface area (Å²) in [4.78, 5) is 5.05. The second kappa shape index (κ2) is 16.9. The number of fused-ring (bicyclic) bond motifs is 2. The maximum atomic E-state index is 13.9. The Kier molecular flexibility index (Phi) is 11.5. The van der Waals surface area contributed by atoms with Crippen molar-refractivity contribution in [2.75, 3.05) is 60.0 Å². The van der Waals surface area contributed by atoms with Crippen molar-refractivity contribution in [3.8, 4) is 11.1 Å². The normalized spacial score (nSPS) is 15.3. The zero-order valence-electron chi connectivity index (χ0n) is 33.5. The lowest BCUT2D eigenvalue weighted by molar-refractivity contribution is -0.138. The molecule has 1 saturated heterocycles. The highest BCUT2D eigenvalue weighted by Gasteiger charge is 2.33. The Balaban J connectivity index is 1.22. The number of aliphatic hydroxyl groups excluding tert-OH is 1.